The zero-order valence-electron chi connectivity index (χ0n) is 21.2. The van der Waals surface area contributed by atoms with Crippen molar-refractivity contribution in [3.05, 3.63) is 77.0 Å². The monoisotopic (exact) mass is 506 g/mol. The number of nitrogens with zero attached hydrogens (tertiary/aromatic N) is 3. The topological polar surface area (TPSA) is 78.3 Å². The number of unbranched alkanes of at least 4 members (excludes halogenated alkanes) is 2. The van der Waals surface area contributed by atoms with E-state index in [1.807, 2.05) is 61.5 Å². The van der Waals surface area contributed by atoms with Crippen LogP contribution in [0.25, 0.3) is 0 Å². The fourth-order valence-electron chi connectivity index (χ4n) is 3.98. The molecule has 1 atom stereocenters. The van der Waals surface area contributed by atoms with Gasteiger partial charge in [0, 0.05) is 11.4 Å². The molecule has 0 saturated carbocycles. The molecule has 0 aliphatic carbocycles. The summed E-state index contributed by atoms with van der Waals surface area (Å²) in [5, 5.41) is 8.77. The van der Waals surface area contributed by atoms with Gasteiger partial charge in [0.05, 0.1) is 12.2 Å². The van der Waals surface area contributed by atoms with Crippen molar-refractivity contribution in [2.24, 2.45) is 0 Å². The van der Waals surface area contributed by atoms with Crippen LogP contribution in [0, 0.1) is 0 Å². The Bertz CT molecular complexity index is 1190. The highest BCUT2D eigenvalue weighted by molar-refractivity contribution is 7.99. The minimum absolute atomic E-state index is 0.200. The smallest absolute Gasteiger partial charge is 0.338 e. The van der Waals surface area contributed by atoms with E-state index in [0.717, 1.165) is 48.3 Å². The van der Waals surface area contributed by atoms with E-state index in [1.165, 1.54) is 0 Å². The Morgan fingerprint density at radius 2 is 1.89 bits per heavy atom. The molecule has 1 aromatic heterocycles. The number of allylic oxidation sites excluding steroid dienone is 1. The van der Waals surface area contributed by atoms with Crippen LogP contribution in [0.3, 0.4) is 0 Å². The summed E-state index contributed by atoms with van der Waals surface area (Å²) < 4.78 is 13.5. The van der Waals surface area contributed by atoms with Crippen LogP contribution in [0.5, 0.6) is 5.75 Å². The van der Waals surface area contributed by atoms with Crippen LogP contribution in [-0.2, 0) is 16.1 Å². The summed E-state index contributed by atoms with van der Waals surface area (Å²) in [6.07, 6.45) is 4.26. The lowest BCUT2D eigenvalue weighted by Crippen LogP contribution is -2.29. The van der Waals surface area contributed by atoms with E-state index in [4.69, 9.17) is 19.6 Å². The molecular formula is C28H34N4O3S. The average molecular weight is 507 g/mol. The second-order valence-corrected chi connectivity index (χ2v) is 9.83. The normalized spacial score (nSPS) is 14.8. The maximum Gasteiger partial charge on any atom is 0.338 e. The molecule has 8 heteroatoms. The highest BCUT2D eigenvalue weighted by Gasteiger charge is 2.35. The Kier molecular flexibility index (Phi) is 9.06. The molecule has 1 aliphatic heterocycles. The van der Waals surface area contributed by atoms with Gasteiger partial charge in [-0.05, 0) is 43.0 Å². The van der Waals surface area contributed by atoms with Crippen LogP contribution >= 0.6 is 11.8 Å². The first-order valence-corrected chi connectivity index (χ1v) is 13.6. The van der Waals surface area contributed by atoms with E-state index in [1.54, 1.807) is 16.4 Å². The molecule has 0 spiro atoms. The molecule has 7 nitrogen and oxygen atoms in total. The minimum atomic E-state index is -0.479. The lowest BCUT2D eigenvalue weighted by atomic mass is 9.95. The summed E-state index contributed by atoms with van der Waals surface area (Å²) >= 11 is 1.63. The molecule has 1 aliphatic rings. The standard InChI is InChI=1S/C28H34N4O3S/c1-4-6-16-34-23-15-11-14-22(18-23)25-24(26(33)35-19-21-12-9-8-10-13-21)20(3)29-27-30-28(31-32(25)27)36-17-7-5-2/h8-15,18,25H,4-7,16-17,19H2,1-3H3,(H,29,30,31). The van der Waals surface area contributed by atoms with Crippen LogP contribution in [0.4, 0.5) is 5.95 Å². The number of nitrogens with one attached hydrogen (secondary N) is 1. The number of esters is 1. The summed E-state index contributed by atoms with van der Waals surface area (Å²) in [7, 11) is 0. The lowest BCUT2D eigenvalue weighted by molar-refractivity contribution is -0.140. The molecule has 0 fully saturated rings. The summed E-state index contributed by atoms with van der Waals surface area (Å²) in [5.74, 6) is 1.96. The molecule has 3 aromatic rings. The van der Waals surface area contributed by atoms with Gasteiger partial charge in [-0.25, -0.2) is 9.48 Å². The fourth-order valence-corrected chi connectivity index (χ4v) is 4.89. The molecular weight excluding hydrogens is 472 g/mol. The van der Waals surface area contributed by atoms with E-state index < -0.39 is 6.04 Å². The van der Waals surface area contributed by atoms with Gasteiger partial charge in [0.2, 0.25) is 11.1 Å². The molecule has 4 rings (SSSR count). The molecule has 0 saturated heterocycles. The second-order valence-electron chi connectivity index (χ2n) is 8.77. The van der Waals surface area contributed by atoms with Crippen LogP contribution in [0.2, 0.25) is 0 Å². The number of thioether (sulfide) groups is 1. The van der Waals surface area contributed by atoms with Gasteiger partial charge in [0.15, 0.2) is 0 Å². The lowest BCUT2D eigenvalue weighted by Gasteiger charge is -2.28. The second kappa shape index (κ2) is 12.6. The van der Waals surface area contributed by atoms with Gasteiger partial charge >= 0.3 is 5.97 Å². The molecule has 0 amide bonds. The quantitative estimate of drug-likeness (QED) is 0.173. The molecule has 0 radical (unpaired) electrons. The first-order chi connectivity index (χ1) is 17.6. The van der Waals surface area contributed by atoms with E-state index >= 15 is 0 Å². The Balaban J connectivity index is 1.66. The van der Waals surface area contributed by atoms with Crippen molar-refractivity contribution < 1.29 is 14.3 Å². The highest BCUT2D eigenvalue weighted by atomic mass is 32.2. The van der Waals surface area contributed by atoms with Crippen molar-refractivity contribution in [3.63, 3.8) is 0 Å². The van der Waals surface area contributed by atoms with Gasteiger partial charge < -0.3 is 14.8 Å². The fraction of sp³-hybridized carbons (Fsp3) is 0.393. The van der Waals surface area contributed by atoms with Gasteiger partial charge in [-0.15, -0.1) is 5.10 Å². The zero-order chi connectivity index (χ0) is 25.3. The van der Waals surface area contributed by atoms with Gasteiger partial charge in [0.25, 0.3) is 0 Å². The SMILES string of the molecule is CCCCOc1cccc(C2C(C(=O)OCc3ccccc3)=C(C)Nc3nc(SCCCC)nn32)c1. The summed E-state index contributed by atoms with van der Waals surface area (Å²) in [4.78, 5) is 18.2. The van der Waals surface area contributed by atoms with Crippen molar-refractivity contribution in [2.75, 3.05) is 17.7 Å². The van der Waals surface area contributed by atoms with Crippen molar-refractivity contribution in [2.45, 2.75) is 64.3 Å². The van der Waals surface area contributed by atoms with E-state index in [9.17, 15) is 4.79 Å². The minimum Gasteiger partial charge on any atom is -0.494 e. The third-order valence-electron chi connectivity index (χ3n) is 5.94. The molecule has 2 aromatic carbocycles. The summed E-state index contributed by atoms with van der Waals surface area (Å²) in [5.41, 5.74) is 3.05. The average Bonchev–Trinajstić information content (AvgIpc) is 3.29. The molecule has 190 valence electrons. The Morgan fingerprint density at radius 1 is 1.08 bits per heavy atom. The number of hydrogen-bond acceptors (Lipinski definition) is 7. The first kappa shape index (κ1) is 25.8. The predicted molar refractivity (Wildman–Crippen MR) is 143 cm³/mol. The number of aromatic nitrogens is 3. The van der Waals surface area contributed by atoms with Crippen molar-refractivity contribution in [1.29, 1.82) is 0 Å². The van der Waals surface area contributed by atoms with Crippen LogP contribution in [-0.4, -0.2) is 33.1 Å². The van der Waals surface area contributed by atoms with E-state index in [-0.39, 0.29) is 12.6 Å². The maximum atomic E-state index is 13.5. The molecule has 0 bridgehead atoms. The van der Waals surface area contributed by atoms with Crippen molar-refractivity contribution >= 4 is 23.7 Å². The van der Waals surface area contributed by atoms with Gasteiger partial charge in [-0.3, -0.25) is 0 Å². The zero-order valence-corrected chi connectivity index (χ0v) is 22.0. The number of anilines is 1. The molecule has 1 N–H and O–H groups in total. The number of carbonyl (C=O) groups excluding carboxylic acids is 1. The molecule has 1 unspecified atom stereocenters. The number of benzene rings is 2. The Hall–Kier alpha value is -3.26. The Morgan fingerprint density at radius 3 is 2.67 bits per heavy atom. The number of hydrogen-bond donors (Lipinski definition) is 1. The molecule has 36 heavy (non-hydrogen) atoms. The van der Waals surface area contributed by atoms with Gasteiger partial charge in [-0.2, -0.15) is 4.98 Å². The number of rotatable bonds is 12. The largest absolute Gasteiger partial charge is 0.494 e. The van der Waals surface area contributed by atoms with E-state index in [2.05, 4.69) is 19.2 Å². The van der Waals surface area contributed by atoms with Crippen LogP contribution < -0.4 is 10.1 Å². The van der Waals surface area contributed by atoms with Gasteiger partial charge in [0.1, 0.15) is 18.4 Å². The third kappa shape index (κ3) is 6.29. The predicted octanol–water partition coefficient (Wildman–Crippen LogP) is 6.38. The first-order valence-electron chi connectivity index (χ1n) is 12.6. The highest BCUT2D eigenvalue weighted by Crippen LogP contribution is 2.38. The summed E-state index contributed by atoms with van der Waals surface area (Å²) in [6.45, 7) is 7.04. The van der Waals surface area contributed by atoms with E-state index in [0.29, 0.717) is 29.0 Å². The summed E-state index contributed by atoms with van der Waals surface area (Å²) in [6, 6.07) is 17.1. The van der Waals surface area contributed by atoms with Crippen LogP contribution in [0.1, 0.15) is 63.6 Å². The number of carbonyl (C=O) groups is 1. The number of ether oxygens (including phenoxy) is 2. The van der Waals surface area contributed by atoms with Crippen molar-refractivity contribution in [1.82, 2.24) is 14.8 Å². The Labute approximate surface area is 217 Å². The molecule has 2 heterocycles. The van der Waals surface area contributed by atoms with Crippen LogP contribution in [0.15, 0.2) is 71.0 Å². The maximum absolute atomic E-state index is 13.5. The number of fused-ring (bicyclic) bond motifs is 1. The third-order valence-corrected chi connectivity index (χ3v) is 6.86. The van der Waals surface area contributed by atoms with Crippen molar-refractivity contribution in [3.8, 4) is 5.75 Å². The van der Waals surface area contributed by atoms with Gasteiger partial charge in [-0.1, -0.05) is 80.9 Å².